The van der Waals surface area contributed by atoms with Crippen LogP contribution in [0.2, 0.25) is 5.02 Å². The average molecular weight is 294 g/mol. The lowest BCUT2D eigenvalue weighted by Gasteiger charge is -2.47. The molecule has 2 nitrogen and oxygen atoms in total. The lowest BCUT2D eigenvalue weighted by atomic mass is 9.70. The van der Waals surface area contributed by atoms with Crippen LogP contribution in [0.5, 0.6) is 5.75 Å². The van der Waals surface area contributed by atoms with Gasteiger partial charge in [-0.2, -0.15) is 0 Å². The second-order valence-electron chi connectivity index (χ2n) is 6.88. The van der Waals surface area contributed by atoms with Gasteiger partial charge in [-0.3, -0.25) is 0 Å². The van der Waals surface area contributed by atoms with Crippen molar-refractivity contribution in [2.45, 2.75) is 57.6 Å². The minimum absolute atomic E-state index is 0.0448. The van der Waals surface area contributed by atoms with Crippen LogP contribution in [0.25, 0.3) is 0 Å². The summed E-state index contributed by atoms with van der Waals surface area (Å²) >= 11 is 6.07. The first-order valence-corrected chi connectivity index (χ1v) is 8.11. The standard InChI is InChI=1S/C17H24ClNO/c1-11(2)12-4-3-7-17(9-12)10-15(19)14-8-13(18)5-6-16(14)20-17/h5-6,8,11-12,15H,3-4,7,9-10,19H2,1-2H3/t12?,15-,17?/m0/s1. The number of rotatable bonds is 1. The first-order valence-electron chi connectivity index (χ1n) is 7.73. The molecule has 20 heavy (non-hydrogen) atoms. The van der Waals surface area contributed by atoms with Crippen molar-refractivity contribution in [1.82, 2.24) is 0 Å². The van der Waals surface area contributed by atoms with E-state index in [-0.39, 0.29) is 11.6 Å². The highest BCUT2D eigenvalue weighted by Crippen LogP contribution is 2.48. The molecule has 2 unspecified atom stereocenters. The van der Waals surface area contributed by atoms with Gasteiger partial charge >= 0.3 is 0 Å². The third-order valence-corrected chi connectivity index (χ3v) is 5.31. The Bertz CT molecular complexity index is 502. The molecule has 3 heteroatoms. The fourth-order valence-electron chi connectivity index (χ4n) is 3.90. The summed E-state index contributed by atoms with van der Waals surface area (Å²) in [5.74, 6) is 2.42. The minimum atomic E-state index is -0.0482. The number of nitrogens with two attached hydrogens (primary N) is 1. The van der Waals surface area contributed by atoms with Crippen LogP contribution in [0.15, 0.2) is 18.2 Å². The molecule has 0 saturated heterocycles. The fraction of sp³-hybridized carbons (Fsp3) is 0.647. The first kappa shape index (κ1) is 14.2. The Morgan fingerprint density at radius 1 is 1.35 bits per heavy atom. The van der Waals surface area contributed by atoms with Gasteiger partial charge in [-0.25, -0.2) is 0 Å². The van der Waals surface area contributed by atoms with Crippen molar-refractivity contribution in [2.24, 2.45) is 17.6 Å². The van der Waals surface area contributed by atoms with E-state index in [1.165, 1.54) is 12.8 Å². The zero-order chi connectivity index (χ0) is 14.3. The third kappa shape index (κ3) is 2.56. The van der Waals surface area contributed by atoms with Gasteiger partial charge < -0.3 is 10.5 Å². The van der Waals surface area contributed by atoms with Gasteiger partial charge in [-0.05, 0) is 55.7 Å². The Hall–Kier alpha value is -0.730. The summed E-state index contributed by atoms with van der Waals surface area (Å²) in [7, 11) is 0. The molecular weight excluding hydrogens is 270 g/mol. The van der Waals surface area contributed by atoms with Crippen molar-refractivity contribution in [3.63, 3.8) is 0 Å². The highest BCUT2D eigenvalue weighted by molar-refractivity contribution is 6.30. The van der Waals surface area contributed by atoms with Crippen molar-refractivity contribution in [1.29, 1.82) is 0 Å². The smallest absolute Gasteiger partial charge is 0.125 e. The van der Waals surface area contributed by atoms with Crippen molar-refractivity contribution in [3.05, 3.63) is 28.8 Å². The second-order valence-corrected chi connectivity index (χ2v) is 7.31. The predicted molar refractivity (Wildman–Crippen MR) is 83.2 cm³/mol. The van der Waals surface area contributed by atoms with E-state index in [1.807, 2.05) is 18.2 Å². The van der Waals surface area contributed by atoms with Gasteiger partial charge in [-0.1, -0.05) is 25.4 Å². The van der Waals surface area contributed by atoms with Crippen LogP contribution in [-0.2, 0) is 0 Å². The van der Waals surface area contributed by atoms with E-state index in [2.05, 4.69) is 13.8 Å². The number of halogens is 1. The van der Waals surface area contributed by atoms with Crippen LogP contribution in [-0.4, -0.2) is 5.60 Å². The van der Waals surface area contributed by atoms with Crippen LogP contribution in [0.1, 0.15) is 57.6 Å². The van der Waals surface area contributed by atoms with E-state index < -0.39 is 0 Å². The highest BCUT2D eigenvalue weighted by atomic mass is 35.5. The van der Waals surface area contributed by atoms with Crippen LogP contribution in [0.3, 0.4) is 0 Å². The van der Waals surface area contributed by atoms with Gasteiger partial charge in [0.05, 0.1) is 0 Å². The fourth-order valence-corrected chi connectivity index (χ4v) is 4.08. The lowest BCUT2D eigenvalue weighted by Crippen LogP contribution is -2.47. The summed E-state index contributed by atoms with van der Waals surface area (Å²) in [6.07, 6.45) is 5.76. The number of fused-ring (bicyclic) bond motifs is 1. The largest absolute Gasteiger partial charge is 0.487 e. The summed E-state index contributed by atoms with van der Waals surface area (Å²) in [5.41, 5.74) is 7.42. The van der Waals surface area contributed by atoms with Crippen LogP contribution in [0, 0.1) is 11.8 Å². The van der Waals surface area contributed by atoms with E-state index in [9.17, 15) is 0 Å². The quantitative estimate of drug-likeness (QED) is 0.814. The predicted octanol–water partition coefficient (Wildman–Crippen LogP) is 4.71. The minimum Gasteiger partial charge on any atom is -0.487 e. The molecule has 1 spiro atoms. The molecule has 2 N–H and O–H groups in total. The summed E-state index contributed by atoms with van der Waals surface area (Å²) in [6, 6.07) is 5.88. The summed E-state index contributed by atoms with van der Waals surface area (Å²) in [6.45, 7) is 4.64. The van der Waals surface area contributed by atoms with E-state index in [0.29, 0.717) is 0 Å². The molecule has 1 aliphatic heterocycles. The molecule has 2 aliphatic rings. The summed E-state index contributed by atoms with van der Waals surface area (Å²) in [4.78, 5) is 0. The molecule has 1 aliphatic carbocycles. The zero-order valence-electron chi connectivity index (χ0n) is 12.4. The number of benzene rings is 1. The molecule has 1 saturated carbocycles. The van der Waals surface area contributed by atoms with E-state index in [4.69, 9.17) is 22.1 Å². The number of hydrogen-bond donors (Lipinski definition) is 1. The molecule has 0 aromatic heterocycles. The topological polar surface area (TPSA) is 35.2 Å². The zero-order valence-corrected chi connectivity index (χ0v) is 13.1. The summed E-state index contributed by atoms with van der Waals surface area (Å²) in [5, 5.41) is 0.738. The van der Waals surface area contributed by atoms with E-state index in [0.717, 1.165) is 47.4 Å². The van der Waals surface area contributed by atoms with Crippen LogP contribution in [0.4, 0.5) is 0 Å². The van der Waals surface area contributed by atoms with Gasteiger partial charge in [0.1, 0.15) is 11.4 Å². The van der Waals surface area contributed by atoms with Gasteiger partial charge in [0, 0.05) is 23.0 Å². The third-order valence-electron chi connectivity index (χ3n) is 5.07. The molecule has 0 amide bonds. The Kier molecular flexibility index (Phi) is 3.72. The Morgan fingerprint density at radius 3 is 2.90 bits per heavy atom. The van der Waals surface area contributed by atoms with E-state index >= 15 is 0 Å². The maximum absolute atomic E-state index is 6.43. The molecular formula is C17H24ClNO. The summed E-state index contributed by atoms with van der Waals surface area (Å²) < 4.78 is 6.43. The average Bonchev–Trinajstić information content (AvgIpc) is 2.40. The van der Waals surface area contributed by atoms with Crippen LogP contribution < -0.4 is 10.5 Å². The molecule has 110 valence electrons. The number of ether oxygens (including phenoxy) is 1. The molecule has 1 fully saturated rings. The molecule has 1 aromatic carbocycles. The Morgan fingerprint density at radius 2 is 2.15 bits per heavy atom. The van der Waals surface area contributed by atoms with Crippen molar-refractivity contribution >= 4 is 11.6 Å². The first-order chi connectivity index (χ1) is 9.49. The Balaban J connectivity index is 1.88. The van der Waals surface area contributed by atoms with Crippen molar-refractivity contribution in [2.75, 3.05) is 0 Å². The van der Waals surface area contributed by atoms with Gasteiger partial charge in [-0.15, -0.1) is 0 Å². The monoisotopic (exact) mass is 293 g/mol. The second kappa shape index (κ2) is 5.23. The molecule has 3 atom stereocenters. The SMILES string of the molecule is CC(C)C1CCCC2(C1)C[C@H](N)c1cc(Cl)ccc1O2. The van der Waals surface area contributed by atoms with Crippen molar-refractivity contribution in [3.8, 4) is 5.75 Å². The van der Waals surface area contributed by atoms with Gasteiger partial charge in [0.2, 0.25) is 0 Å². The Labute approximate surface area is 126 Å². The maximum atomic E-state index is 6.43. The lowest BCUT2D eigenvalue weighted by molar-refractivity contribution is -0.0249. The number of hydrogen-bond acceptors (Lipinski definition) is 2. The van der Waals surface area contributed by atoms with Crippen molar-refractivity contribution < 1.29 is 4.74 Å². The van der Waals surface area contributed by atoms with E-state index in [1.54, 1.807) is 0 Å². The molecule has 1 heterocycles. The molecule has 1 aromatic rings. The van der Waals surface area contributed by atoms with Gasteiger partial charge in [0.25, 0.3) is 0 Å². The highest BCUT2D eigenvalue weighted by Gasteiger charge is 2.43. The maximum Gasteiger partial charge on any atom is 0.125 e. The normalized spacial score (nSPS) is 33.0. The van der Waals surface area contributed by atoms with Gasteiger partial charge in [0.15, 0.2) is 0 Å². The molecule has 3 rings (SSSR count). The molecule has 0 bridgehead atoms. The van der Waals surface area contributed by atoms with Crippen LogP contribution >= 0.6 is 11.6 Å². The molecule has 0 radical (unpaired) electrons.